The Hall–Kier alpha value is -2.29. The standard InChI is InChI=1S/C14H12N2O/c1-16-10-15-13-8-7-12(9-14(13)16)17-11-5-3-2-4-6-11/h2-10H,1H3. The van der Waals surface area contributed by atoms with Crippen LogP contribution in [0.1, 0.15) is 0 Å². The zero-order valence-electron chi connectivity index (χ0n) is 9.50. The zero-order valence-corrected chi connectivity index (χ0v) is 9.50. The van der Waals surface area contributed by atoms with Crippen LogP contribution in [0.15, 0.2) is 54.9 Å². The summed E-state index contributed by atoms with van der Waals surface area (Å²) in [5.74, 6) is 1.67. The molecular formula is C14H12N2O. The van der Waals surface area contributed by atoms with E-state index in [-0.39, 0.29) is 0 Å². The second-order valence-corrected chi connectivity index (χ2v) is 3.92. The number of aromatic nitrogens is 2. The van der Waals surface area contributed by atoms with Gasteiger partial charge in [-0.05, 0) is 24.3 Å². The lowest BCUT2D eigenvalue weighted by Gasteiger charge is -2.05. The number of nitrogens with zero attached hydrogens (tertiary/aromatic N) is 2. The molecule has 0 aliphatic carbocycles. The molecule has 0 saturated carbocycles. The van der Waals surface area contributed by atoms with E-state index in [0.29, 0.717) is 0 Å². The number of hydrogen-bond acceptors (Lipinski definition) is 2. The Kier molecular flexibility index (Phi) is 2.29. The molecule has 3 aromatic rings. The third-order valence-corrected chi connectivity index (χ3v) is 2.68. The van der Waals surface area contributed by atoms with Crippen LogP contribution in [0.3, 0.4) is 0 Å². The Labute approximate surface area is 99.3 Å². The molecule has 0 aliphatic rings. The summed E-state index contributed by atoms with van der Waals surface area (Å²) in [7, 11) is 1.97. The predicted molar refractivity (Wildman–Crippen MR) is 67.2 cm³/mol. The summed E-state index contributed by atoms with van der Waals surface area (Å²) in [6.07, 6.45) is 1.80. The maximum Gasteiger partial charge on any atom is 0.129 e. The van der Waals surface area contributed by atoms with Crippen molar-refractivity contribution >= 4 is 11.0 Å². The van der Waals surface area contributed by atoms with Gasteiger partial charge in [-0.15, -0.1) is 0 Å². The minimum absolute atomic E-state index is 0.826. The van der Waals surface area contributed by atoms with E-state index in [1.807, 2.05) is 60.1 Å². The number of fused-ring (bicyclic) bond motifs is 1. The molecule has 3 nitrogen and oxygen atoms in total. The van der Waals surface area contributed by atoms with Crippen molar-refractivity contribution in [1.82, 2.24) is 9.55 Å². The molecule has 17 heavy (non-hydrogen) atoms. The number of para-hydroxylation sites is 1. The van der Waals surface area contributed by atoms with Crippen LogP contribution >= 0.6 is 0 Å². The normalized spacial score (nSPS) is 10.6. The van der Waals surface area contributed by atoms with Crippen LogP contribution in [0.25, 0.3) is 11.0 Å². The fourth-order valence-electron chi connectivity index (χ4n) is 1.79. The van der Waals surface area contributed by atoms with Crippen LogP contribution in [0.5, 0.6) is 11.5 Å². The molecule has 1 aromatic heterocycles. The molecule has 0 atom stereocenters. The number of rotatable bonds is 2. The lowest BCUT2D eigenvalue weighted by molar-refractivity contribution is 0.483. The van der Waals surface area contributed by atoms with Crippen LogP contribution in [-0.4, -0.2) is 9.55 Å². The molecule has 0 saturated heterocycles. The van der Waals surface area contributed by atoms with Crippen molar-refractivity contribution in [3.63, 3.8) is 0 Å². The minimum Gasteiger partial charge on any atom is -0.457 e. The Bertz CT molecular complexity index is 644. The Balaban J connectivity index is 1.98. The molecule has 1 heterocycles. The first-order valence-corrected chi connectivity index (χ1v) is 5.47. The van der Waals surface area contributed by atoms with E-state index in [1.165, 1.54) is 0 Å². The summed E-state index contributed by atoms with van der Waals surface area (Å²) in [4.78, 5) is 4.27. The van der Waals surface area contributed by atoms with E-state index in [0.717, 1.165) is 22.5 Å². The van der Waals surface area contributed by atoms with E-state index >= 15 is 0 Å². The first-order valence-electron chi connectivity index (χ1n) is 5.47. The van der Waals surface area contributed by atoms with Gasteiger partial charge in [-0.2, -0.15) is 0 Å². The molecule has 3 rings (SSSR count). The number of aryl methyl sites for hydroxylation is 1. The van der Waals surface area contributed by atoms with Gasteiger partial charge in [0.1, 0.15) is 11.5 Å². The fraction of sp³-hybridized carbons (Fsp3) is 0.0714. The van der Waals surface area contributed by atoms with E-state index in [9.17, 15) is 0 Å². The summed E-state index contributed by atoms with van der Waals surface area (Å²) in [5, 5.41) is 0. The highest BCUT2D eigenvalue weighted by atomic mass is 16.5. The topological polar surface area (TPSA) is 27.1 Å². The van der Waals surface area contributed by atoms with Crippen LogP contribution in [0.2, 0.25) is 0 Å². The van der Waals surface area contributed by atoms with Gasteiger partial charge in [-0.25, -0.2) is 4.98 Å². The fourth-order valence-corrected chi connectivity index (χ4v) is 1.79. The molecular weight excluding hydrogens is 212 g/mol. The molecule has 0 radical (unpaired) electrons. The highest BCUT2D eigenvalue weighted by Crippen LogP contribution is 2.24. The van der Waals surface area contributed by atoms with Gasteiger partial charge >= 0.3 is 0 Å². The summed E-state index contributed by atoms with van der Waals surface area (Å²) < 4.78 is 7.75. The Morgan fingerprint density at radius 2 is 1.82 bits per heavy atom. The van der Waals surface area contributed by atoms with Gasteiger partial charge in [0.05, 0.1) is 17.4 Å². The molecule has 84 valence electrons. The summed E-state index contributed by atoms with van der Waals surface area (Å²) in [6, 6.07) is 15.7. The van der Waals surface area contributed by atoms with Crippen LogP contribution in [0, 0.1) is 0 Å². The molecule has 0 bridgehead atoms. The number of hydrogen-bond donors (Lipinski definition) is 0. The van der Waals surface area contributed by atoms with E-state index in [1.54, 1.807) is 6.33 Å². The lowest BCUT2D eigenvalue weighted by atomic mass is 10.3. The molecule has 0 fully saturated rings. The number of imidazole rings is 1. The largest absolute Gasteiger partial charge is 0.457 e. The third kappa shape index (κ3) is 1.87. The van der Waals surface area contributed by atoms with Gasteiger partial charge in [0.15, 0.2) is 0 Å². The van der Waals surface area contributed by atoms with Crippen molar-refractivity contribution in [2.45, 2.75) is 0 Å². The molecule has 0 aliphatic heterocycles. The SMILES string of the molecule is Cn1cnc2ccc(Oc3ccccc3)cc21. The second kappa shape index (κ2) is 3.94. The molecule has 0 N–H and O–H groups in total. The average molecular weight is 224 g/mol. The quantitative estimate of drug-likeness (QED) is 0.667. The van der Waals surface area contributed by atoms with Crippen molar-refractivity contribution in [2.75, 3.05) is 0 Å². The van der Waals surface area contributed by atoms with Crippen molar-refractivity contribution in [3.05, 3.63) is 54.9 Å². The van der Waals surface area contributed by atoms with Crippen molar-refractivity contribution in [3.8, 4) is 11.5 Å². The highest BCUT2D eigenvalue weighted by molar-refractivity contribution is 5.77. The maximum atomic E-state index is 5.77. The van der Waals surface area contributed by atoms with Gasteiger partial charge in [0.25, 0.3) is 0 Å². The Morgan fingerprint density at radius 3 is 2.65 bits per heavy atom. The molecule has 0 unspecified atom stereocenters. The van der Waals surface area contributed by atoms with E-state index in [2.05, 4.69) is 4.98 Å². The van der Waals surface area contributed by atoms with Crippen molar-refractivity contribution in [1.29, 1.82) is 0 Å². The minimum atomic E-state index is 0.826. The summed E-state index contributed by atoms with van der Waals surface area (Å²) >= 11 is 0. The van der Waals surface area contributed by atoms with Crippen LogP contribution in [-0.2, 0) is 7.05 Å². The maximum absolute atomic E-state index is 5.77. The lowest BCUT2D eigenvalue weighted by Crippen LogP contribution is -1.86. The predicted octanol–water partition coefficient (Wildman–Crippen LogP) is 3.37. The van der Waals surface area contributed by atoms with Crippen LogP contribution in [0.4, 0.5) is 0 Å². The zero-order chi connectivity index (χ0) is 11.7. The van der Waals surface area contributed by atoms with E-state index in [4.69, 9.17) is 4.74 Å². The molecule has 0 amide bonds. The number of ether oxygens (including phenoxy) is 1. The highest BCUT2D eigenvalue weighted by Gasteiger charge is 2.02. The van der Waals surface area contributed by atoms with Gasteiger partial charge in [0.2, 0.25) is 0 Å². The van der Waals surface area contributed by atoms with Gasteiger partial charge < -0.3 is 9.30 Å². The first kappa shape index (κ1) is 9.90. The molecule has 3 heteroatoms. The number of benzene rings is 2. The smallest absolute Gasteiger partial charge is 0.129 e. The average Bonchev–Trinajstić information content (AvgIpc) is 2.73. The van der Waals surface area contributed by atoms with Crippen LogP contribution < -0.4 is 4.74 Å². The molecule has 2 aromatic carbocycles. The summed E-state index contributed by atoms with van der Waals surface area (Å²) in [6.45, 7) is 0. The third-order valence-electron chi connectivity index (χ3n) is 2.68. The summed E-state index contributed by atoms with van der Waals surface area (Å²) in [5.41, 5.74) is 2.05. The second-order valence-electron chi connectivity index (χ2n) is 3.92. The van der Waals surface area contributed by atoms with Crippen molar-refractivity contribution in [2.24, 2.45) is 7.05 Å². The van der Waals surface area contributed by atoms with Gasteiger partial charge in [-0.1, -0.05) is 18.2 Å². The Morgan fingerprint density at radius 1 is 1.00 bits per heavy atom. The van der Waals surface area contributed by atoms with Crippen molar-refractivity contribution < 1.29 is 4.74 Å². The first-order chi connectivity index (χ1) is 8.33. The van der Waals surface area contributed by atoms with E-state index < -0.39 is 0 Å². The van der Waals surface area contributed by atoms with Gasteiger partial charge in [-0.3, -0.25) is 0 Å². The monoisotopic (exact) mass is 224 g/mol. The van der Waals surface area contributed by atoms with Gasteiger partial charge in [0, 0.05) is 13.1 Å². The molecule has 0 spiro atoms.